The predicted molar refractivity (Wildman–Crippen MR) is 135 cm³/mol. The smallest absolute Gasteiger partial charge is 0.248 e. The fraction of sp³-hybridized carbons (Fsp3) is 0.0400. The Labute approximate surface area is 205 Å². The van der Waals surface area contributed by atoms with Crippen LogP contribution in [0.3, 0.4) is 0 Å². The third kappa shape index (κ3) is 5.54. The van der Waals surface area contributed by atoms with Crippen molar-refractivity contribution in [3.8, 4) is 17.1 Å². The maximum Gasteiger partial charge on any atom is 0.248 e. The number of aromatic nitrogens is 3. The molecule has 0 saturated heterocycles. The molecule has 0 saturated carbocycles. The van der Waals surface area contributed by atoms with Crippen LogP contribution in [0.15, 0.2) is 89.4 Å². The molecule has 34 heavy (non-hydrogen) atoms. The third-order valence-corrected chi connectivity index (χ3v) is 5.86. The van der Waals surface area contributed by atoms with Gasteiger partial charge in [-0.25, -0.2) is 0 Å². The zero-order valence-corrected chi connectivity index (χ0v) is 19.7. The molecule has 1 heterocycles. The molecule has 1 aromatic heterocycles. The first-order valence-corrected chi connectivity index (χ1v) is 11.5. The second-order valence-electron chi connectivity index (χ2n) is 7.34. The Kier molecular flexibility index (Phi) is 7.10. The summed E-state index contributed by atoms with van der Waals surface area (Å²) in [4.78, 5) is 23.5. The van der Waals surface area contributed by atoms with Crippen LogP contribution in [0, 0.1) is 6.92 Å². The Morgan fingerprint density at radius 1 is 0.971 bits per heavy atom. The van der Waals surface area contributed by atoms with Crippen LogP contribution in [0.2, 0.25) is 5.02 Å². The summed E-state index contributed by atoms with van der Waals surface area (Å²) in [6, 6.07) is 21.7. The lowest BCUT2D eigenvalue weighted by Crippen LogP contribution is -2.11. The van der Waals surface area contributed by atoms with E-state index >= 15 is 0 Å². The predicted octanol–water partition coefficient (Wildman–Crippen LogP) is 5.24. The number of nitrogens with two attached hydrogens (primary N) is 1. The Hall–Kier alpha value is -3.88. The fourth-order valence-corrected chi connectivity index (χ4v) is 3.94. The third-order valence-electron chi connectivity index (χ3n) is 4.86. The van der Waals surface area contributed by atoms with E-state index in [1.165, 1.54) is 17.8 Å². The number of thioether (sulfide) groups is 1. The van der Waals surface area contributed by atoms with Crippen LogP contribution in [-0.2, 0) is 4.79 Å². The van der Waals surface area contributed by atoms with E-state index in [0.29, 0.717) is 27.3 Å². The van der Waals surface area contributed by atoms with E-state index in [4.69, 9.17) is 17.3 Å². The van der Waals surface area contributed by atoms with Gasteiger partial charge in [-0.15, -0.1) is 10.2 Å². The molecule has 9 heteroatoms. The topological polar surface area (TPSA) is 103 Å². The average molecular weight is 490 g/mol. The van der Waals surface area contributed by atoms with Gasteiger partial charge in [-0.2, -0.15) is 0 Å². The number of carbonyl (C=O) groups is 2. The van der Waals surface area contributed by atoms with Crippen molar-refractivity contribution < 1.29 is 9.59 Å². The van der Waals surface area contributed by atoms with Crippen molar-refractivity contribution in [1.29, 1.82) is 0 Å². The molecule has 0 spiro atoms. The van der Waals surface area contributed by atoms with E-state index in [1.54, 1.807) is 41.8 Å². The Balaban J connectivity index is 1.54. The van der Waals surface area contributed by atoms with Gasteiger partial charge >= 0.3 is 0 Å². The fourth-order valence-electron chi connectivity index (χ4n) is 3.12. The highest BCUT2D eigenvalue weighted by Crippen LogP contribution is 2.29. The monoisotopic (exact) mass is 489 g/mol. The molecule has 0 fully saturated rings. The van der Waals surface area contributed by atoms with Gasteiger partial charge in [0.25, 0.3) is 0 Å². The molecule has 2 amide bonds. The zero-order valence-electron chi connectivity index (χ0n) is 18.1. The molecule has 3 aromatic carbocycles. The molecule has 4 aromatic rings. The molecule has 0 aliphatic heterocycles. The first-order valence-electron chi connectivity index (χ1n) is 10.2. The number of nitrogens with zero attached hydrogens (tertiary/aromatic N) is 3. The minimum Gasteiger partial charge on any atom is -0.366 e. The molecule has 170 valence electrons. The lowest BCUT2D eigenvalue weighted by molar-refractivity contribution is -0.111. The van der Waals surface area contributed by atoms with Crippen LogP contribution in [0.5, 0.6) is 0 Å². The molecule has 0 unspecified atom stereocenters. The average Bonchev–Trinajstić information content (AvgIpc) is 3.24. The van der Waals surface area contributed by atoms with Crippen molar-refractivity contribution in [3.63, 3.8) is 0 Å². The van der Waals surface area contributed by atoms with Crippen LogP contribution < -0.4 is 11.1 Å². The number of nitrogens with one attached hydrogen (secondary N) is 1. The lowest BCUT2D eigenvalue weighted by atomic mass is 10.2. The molecular weight excluding hydrogens is 470 g/mol. The SMILES string of the molecule is Cc1ccc(-n2c(S/C=C/C(=O)Nc3ccc(C(N)=O)cc3)nnc2-c2ccc(Cl)cc2)cc1. The van der Waals surface area contributed by atoms with Gasteiger partial charge in [-0.1, -0.05) is 41.1 Å². The molecule has 4 rings (SSSR count). The first kappa shape index (κ1) is 23.3. The molecule has 0 aliphatic carbocycles. The normalized spacial score (nSPS) is 11.0. The molecule has 0 bridgehead atoms. The highest BCUT2D eigenvalue weighted by atomic mass is 35.5. The first-order chi connectivity index (χ1) is 16.4. The standard InChI is InChI=1S/C25H20ClN5O2S/c1-16-2-12-21(13-3-16)31-24(18-4-8-19(26)9-5-18)29-30-25(31)34-15-14-22(32)28-20-10-6-17(7-11-20)23(27)33/h2-15H,1H3,(H2,27,33)(H,28,32)/b15-14+. The molecular formula is C25H20ClN5O2S. The Morgan fingerprint density at radius 2 is 1.65 bits per heavy atom. The maximum absolute atomic E-state index is 12.3. The second-order valence-corrected chi connectivity index (χ2v) is 8.64. The van der Waals surface area contributed by atoms with E-state index in [-0.39, 0.29) is 5.91 Å². The number of rotatable bonds is 7. The van der Waals surface area contributed by atoms with Crippen molar-refractivity contribution in [2.75, 3.05) is 5.32 Å². The second kappa shape index (κ2) is 10.4. The van der Waals surface area contributed by atoms with Crippen molar-refractivity contribution >= 4 is 40.9 Å². The summed E-state index contributed by atoms with van der Waals surface area (Å²) in [5, 5.41) is 14.3. The highest BCUT2D eigenvalue weighted by molar-refractivity contribution is 8.02. The summed E-state index contributed by atoms with van der Waals surface area (Å²) in [6.07, 6.45) is 1.41. The minimum atomic E-state index is -0.523. The zero-order chi connectivity index (χ0) is 24.1. The van der Waals surface area contributed by atoms with Crippen molar-refractivity contribution in [1.82, 2.24) is 14.8 Å². The van der Waals surface area contributed by atoms with E-state index < -0.39 is 5.91 Å². The largest absolute Gasteiger partial charge is 0.366 e. The Bertz CT molecular complexity index is 1350. The summed E-state index contributed by atoms with van der Waals surface area (Å²) < 4.78 is 1.93. The number of primary amides is 1. The van der Waals surface area contributed by atoms with E-state index in [0.717, 1.165) is 16.8 Å². The number of aryl methyl sites for hydroxylation is 1. The number of hydrogen-bond donors (Lipinski definition) is 2. The van der Waals surface area contributed by atoms with Gasteiger partial charge < -0.3 is 11.1 Å². The van der Waals surface area contributed by atoms with Crippen LogP contribution in [-0.4, -0.2) is 26.6 Å². The van der Waals surface area contributed by atoms with Crippen LogP contribution in [0.4, 0.5) is 5.69 Å². The van der Waals surface area contributed by atoms with E-state index in [1.807, 2.05) is 47.9 Å². The van der Waals surface area contributed by atoms with E-state index in [9.17, 15) is 9.59 Å². The van der Waals surface area contributed by atoms with Gasteiger partial charge in [0.05, 0.1) is 0 Å². The number of anilines is 1. The van der Waals surface area contributed by atoms with E-state index in [2.05, 4.69) is 15.5 Å². The van der Waals surface area contributed by atoms with Crippen LogP contribution in [0.1, 0.15) is 15.9 Å². The number of benzene rings is 3. The number of halogens is 1. The van der Waals surface area contributed by atoms with Gasteiger partial charge in [0, 0.05) is 33.6 Å². The van der Waals surface area contributed by atoms with Gasteiger partial charge in [-0.05, 0) is 73.0 Å². The minimum absolute atomic E-state index is 0.321. The number of hydrogen-bond acceptors (Lipinski definition) is 5. The van der Waals surface area contributed by atoms with Crippen molar-refractivity contribution in [3.05, 3.63) is 100 Å². The van der Waals surface area contributed by atoms with Gasteiger partial charge in [0.1, 0.15) is 0 Å². The molecule has 3 N–H and O–H groups in total. The Morgan fingerprint density at radius 3 is 2.29 bits per heavy atom. The number of amides is 2. The summed E-state index contributed by atoms with van der Waals surface area (Å²) in [7, 11) is 0. The summed E-state index contributed by atoms with van der Waals surface area (Å²) in [6.45, 7) is 2.02. The van der Waals surface area contributed by atoms with Gasteiger partial charge in [0.2, 0.25) is 11.8 Å². The molecule has 0 radical (unpaired) electrons. The number of carbonyl (C=O) groups excluding carboxylic acids is 2. The highest BCUT2D eigenvalue weighted by Gasteiger charge is 2.15. The lowest BCUT2D eigenvalue weighted by Gasteiger charge is -2.10. The summed E-state index contributed by atoms with van der Waals surface area (Å²) >= 11 is 7.31. The van der Waals surface area contributed by atoms with Gasteiger partial charge in [-0.3, -0.25) is 14.2 Å². The van der Waals surface area contributed by atoms with Crippen molar-refractivity contribution in [2.45, 2.75) is 12.1 Å². The molecule has 0 atom stereocenters. The molecule has 0 aliphatic rings. The summed E-state index contributed by atoms with van der Waals surface area (Å²) in [5.74, 6) is -0.182. The van der Waals surface area contributed by atoms with Crippen LogP contribution >= 0.6 is 23.4 Å². The summed E-state index contributed by atoms with van der Waals surface area (Å²) in [5.41, 5.74) is 9.06. The quantitative estimate of drug-likeness (QED) is 0.273. The molecule has 7 nitrogen and oxygen atoms in total. The van der Waals surface area contributed by atoms with Crippen molar-refractivity contribution in [2.24, 2.45) is 5.73 Å². The van der Waals surface area contributed by atoms with Crippen LogP contribution in [0.25, 0.3) is 17.1 Å². The van der Waals surface area contributed by atoms with Gasteiger partial charge in [0.15, 0.2) is 11.0 Å². The maximum atomic E-state index is 12.3.